The van der Waals surface area contributed by atoms with Gasteiger partial charge in [-0.25, -0.2) is 14.6 Å². The first kappa shape index (κ1) is 16.6. The zero-order valence-corrected chi connectivity index (χ0v) is 15.3. The van der Waals surface area contributed by atoms with Crippen molar-refractivity contribution in [3.63, 3.8) is 0 Å². The van der Waals surface area contributed by atoms with Crippen LogP contribution in [0.2, 0.25) is 0 Å². The summed E-state index contributed by atoms with van der Waals surface area (Å²) in [6, 6.07) is 5.52. The average molecular weight is 407 g/mol. The number of carbonyl (C=O) groups is 1. The van der Waals surface area contributed by atoms with E-state index in [1.54, 1.807) is 10.7 Å². The molecule has 3 aromatic rings. The van der Waals surface area contributed by atoms with Gasteiger partial charge in [0, 0.05) is 35.2 Å². The molecule has 3 rings (SSSR count). The second kappa shape index (κ2) is 7.54. The minimum atomic E-state index is -0.0807. The Morgan fingerprint density at radius 1 is 1.33 bits per heavy atom. The van der Waals surface area contributed by atoms with E-state index in [2.05, 4.69) is 41.6 Å². The predicted molar refractivity (Wildman–Crippen MR) is 96.7 cm³/mol. The van der Waals surface area contributed by atoms with E-state index in [0.29, 0.717) is 29.6 Å². The van der Waals surface area contributed by atoms with Gasteiger partial charge in [-0.15, -0.1) is 11.3 Å². The van der Waals surface area contributed by atoms with Crippen molar-refractivity contribution in [2.24, 2.45) is 0 Å². The van der Waals surface area contributed by atoms with Crippen molar-refractivity contribution in [1.82, 2.24) is 25.1 Å². The second-order valence-electron chi connectivity index (χ2n) is 4.97. The van der Waals surface area contributed by atoms with E-state index >= 15 is 0 Å². The molecule has 0 bridgehead atoms. The van der Waals surface area contributed by atoms with Gasteiger partial charge >= 0.3 is 0 Å². The van der Waals surface area contributed by atoms with Gasteiger partial charge in [0.15, 0.2) is 5.82 Å². The average Bonchev–Trinajstić information content (AvgIpc) is 3.20. The summed E-state index contributed by atoms with van der Waals surface area (Å²) >= 11 is 4.74. The Morgan fingerprint density at radius 3 is 2.92 bits per heavy atom. The summed E-state index contributed by atoms with van der Waals surface area (Å²) in [7, 11) is 0. The summed E-state index contributed by atoms with van der Waals surface area (Å²) in [6.45, 7) is 2.98. The van der Waals surface area contributed by atoms with E-state index in [9.17, 15) is 4.79 Å². The Bertz CT molecular complexity index is 846. The zero-order valence-electron chi connectivity index (χ0n) is 12.9. The molecular weight excluding hydrogens is 392 g/mol. The number of anilines is 1. The number of rotatable bonds is 6. The van der Waals surface area contributed by atoms with Gasteiger partial charge in [0.1, 0.15) is 12.1 Å². The van der Waals surface area contributed by atoms with E-state index in [-0.39, 0.29) is 5.91 Å². The van der Waals surface area contributed by atoms with Crippen molar-refractivity contribution in [2.75, 3.05) is 18.4 Å². The fraction of sp³-hybridized carbons (Fsp3) is 0.200. The van der Waals surface area contributed by atoms with Gasteiger partial charge in [-0.2, -0.15) is 5.10 Å². The molecule has 124 valence electrons. The predicted octanol–water partition coefficient (Wildman–Crippen LogP) is 2.64. The molecule has 0 fully saturated rings. The molecule has 0 atom stereocenters. The fourth-order valence-electron chi connectivity index (χ4n) is 2.00. The standard InChI is InChI=1S/C15H15BrN6OS/c1-10-2-5-22(21-10)14-7-13(19-9-20-14)17-3-4-18-15(23)12-6-11(16)8-24-12/h2,5-9H,3-4H2,1H3,(H,18,23)(H,17,19,20). The molecule has 1 amide bonds. The lowest BCUT2D eigenvalue weighted by atomic mass is 10.4. The highest BCUT2D eigenvalue weighted by Crippen LogP contribution is 2.19. The maximum atomic E-state index is 11.9. The minimum Gasteiger partial charge on any atom is -0.368 e. The van der Waals surface area contributed by atoms with Crippen molar-refractivity contribution in [1.29, 1.82) is 0 Å². The summed E-state index contributed by atoms with van der Waals surface area (Å²) in [5.41, 5.74) is 0.922. The van der Waals surface area contributed by atoms with Gasteiger partial charge in [0.05, 0.1) is 10.6 Å². The molecule has 0 aromatic carbocycles. The number of amides is 1. The van der Waals surface area contributed by atoms with E-state index in [1.165, 1.54) is 17.7 Å². The summed E-state index contributed by atoms with van der Waals surface area (Å²) in [5.74, 6) is 1.29. The Morgan fingerprint density at radius 2 is 2.21 bits per heavy atom. The van der Waals surface area contributed by atoms with Crippen LogP contribution in [0, 0.1) is 6.92 Å². The molecule has 0 unspecified atom stereocenters. The maximum Gasteiger partial charge on any atom is 0.261 e. The summed E-state index contributed by atoms with van der Waals surface area (Å²) in [4.78, 5) is 21.0. The first-order valence-corrected chi connectivity index (χ1v) is 8.90. The largest absolute Gasteiger partial charge is 0.368 e. The second-order valence-corrected chi connectivity index (χ2v) is 6.80. The molecule has 0 saturated heterocycles. The van der Waals surface area contributed by atoms with Crippen molar-refractivity contribution in [2.45, 2.75) is 6.92 Å². The Balaban J connectivity index is 1.51. The Kier molecular flexibility index (Phi) is 5.21. The number of carbonyl (C=O) groups excluding carboxylic acids is 1. The molecule has 24 heavy (non-hydrogen) atoms. The van der Waals surface area contributed by atoms with Crippen LogP contribution in [0.4, 0.5) is 5.82 Å². The smallest absolute Gasteiger partial charge is 0.261 e. The highest BCUT2D eigenvalue weighted by atomic mass is 79.9. The number of hydrogen-bond acceptors (Lipinski definition) is 6. The van der Waals surface area contributed by atoms with Crippen molar-refractivity contribution in [3.05, 3.63) is 51.1 Å². The molecule has 2 N–H and O–H groups in total. The molecular formula is C15H15BrN6OS. The number of hydrogen-bond donors (Lipinski definition) is 2. The third-order valence-corrected chi connectivity index (χ3v) is 4.81. The first-order chi connectivity index (χ1) is 11.6. The SMILES string of the molecule is Cc1ccn(-c2cc(NCCNC(=O)c3cc(Br)cs3)ncn2)n1. The van der Waals surface area contributed by atoms with Crippen LogP contribution >= 0.6 is 27.3 Å². The van der Waals surface area contributed by atoms with E-state index in [0.717, 1.165) is 10.2 Å². The number of aryl methyl sites for hydroxylation is 1. The molecule has 0 aliphatic heterocycles. The quantitative estimate of drug-likeness (QED) is 0.614. The van der Waals surface area contributed by atoms with Crippen molar-refractivity contribution in [3.8, 4) is 5.82 Å². The number of halogens is 1. The topological polar surface area (TPSA) is 84.7 Å². The summed E-state index contributed by atoms with van der Waals surface area (Å²) < 4.78 is 2.61. The summed E-state index contributed by atoms with van der Waals surface area (Å²) in [6.07, 6.45) is 3.33. The van der Waals surface area contributed by atoms with Crippen molar-refractivity contribution < 1.29 is 4.79 Å². The van der Waals surface area contributed by atoms with Crippen LogP contribution in [0.25, 0.3) is 5.82 Å². The summed E-state index contributed by atoms with van der Waals surface area (Å²) in [5, 5.41) is 12.2. The number of thiophene rings is 1. The van der Waals surface area contributed by atoms with Crippen LogP contribution < -0.4 is 10.6 Å². The van der Waals surface area contributed by atoms with E-state index < -0.39 is 0 Å². The van der Waals surface area contributed by atoms with Gasteiger partial charge in [0.2, 0.25) is 0 Å². The number of nitrogens with zero attached hydrogens (tertiary/aromatic N) is 4. The van der Waals surface area contributed by atoms with Crippen LogP contribution in [0.1, 0.15) is 15.4 Å². The van der Waals surface area contributed by atoms with Gasteiger partial charge in [-0.3, -0.25) is 4.79 Å². The number of aromatic nitrogens is 4. The number of nitrogens with one attached hydrogen (secondary N) is 2. The third-order valence-electron chi connectivity index (χ3n) is 3.12. The lowest BCUT2D eigenvalue weighted by Gasteiger charge is -2.07. The zero-order chi connectivity index (χ0) is 16.9. The molecule has 0 saturated carbocycles. The third kappa shape index (κ3) is 4.18. The van der Waals surface area contributed by atoms with Gasteiger partial charge in [0.25, 0.3) is 5.91 Å². The minimum absolute atomic E-state index is 0.0807. The maximum absolute atomic E-state index is 11.9. The van der Waals surface area contributed by atoms with Crippen LogP contribution in [-0.4, -0.2) is 38.7 Å². The van der Waals surface area contributed by atoms with E-state index in [1.807, 2.05) is 30.6 Å². The fourth-order valence-corrected chi connectivity index (χ4v) is 3.34. The first-order valence-electron chi connectivity index (χ1n) is 7.22. The lowest BCUT2D eigenvalue weighted by Crippen LogP contribution is -2.28. The van der Waals surface area contributed by atoms with Gasteiger partial charge < -0.3 is 10.6 Å². The lowest BCUT2D eigenvalue weighted by molar-refractivity contribution is 0.0959. The van der Waals surface area contributed by atoms with Crippen LogP contribution in [0.15, 0.2) is 40.6 Å². The molecule has 3 heterocycles. The Labute approximate surface area is 151 Å². The normalized spacial score (nSPS) is 10.6. The van der Waals surface area contributed by atoms with Crippen LogP contribution in [0.3, 0.4) is 0 Å². The molecule has 9 heteroatoms. The van der Waals surface area contributed by atoms with E-state index in [4.69, 9.17) is 0 Å². The van der Waals surface area contributed by atoms with Gasteiger partial charge in [-0.1, -0.05) is 0 Å². The Hall–Kier alpha value is -2.26. The highest BCUT2D eigenvalue weighted by Gasteiger charge is 2.07. The molecule has 0 spiro atoms. The van der Waals surface area contributed by atoms with Crippen LogP contribution in [0.5, 0.6) is 0 Å². The molecule has 0 aliphatic carbocycles. The molecule has 0 radical (unpaired) electrons. The van der Waals surface area contributed by atoms with Crippen LogP contribution in [-0.2, 0) is 0 Å². The molecule has 7 nitrogen and oxygen atoms in total. The molecule has 3 aromatic heterocycles. The highest BCUT2D eigenvalue weighted by molar-refractivity contribution is 9.10. The molecule has 0 aliphatic rings. The van der Waals surface area contributed by atoms with Crippen molar-refractivity contribution >= 4 is 39.0 Å². The van der Waals surface area contributed by atoms with Gasteiger partial charge in [-0.05, 0) is 35.0 Å². The monoisotopic (exact) mass is 406 g/mol.